The topological polar surface area (TPSA) is 67.8 Å². The van der Waals surface area contributed by atoms with Crippen LogP contribution in [0, 0.1) is 0 Å². The van der Waals surface area contributed by atoms with E-state index >= 15 is 0 Å². The lowest BCUT2D eigenvalue weighted by atomic mass is 10.1. The number of hydrogen-bond donors (Lipinski definition) is 1. The second-order valence-corrected chi connectivity index (χ2v) is 4.37. The van der Waals surface area contributed by atoms with Crippen LogP contribution in [0.15, 0.2) is 67.4 Å². The van der Waals surface area contributed by atoms with E-state index < -0.39 is 0 Å². The quantitative estimate of drug-likeness (QED) is 0.798. The van der Waals surface area contributed by atoms with Gasteiger partial charge in [-0.2, -0.15) is 0 Å². The van der Waals surface area contributed by atoms with Gasteiger partial charge >= 0.3 is 0 Å². The predicted molar refractivity (Wildman–Crippen MR) is 79.7 cm³/mol. The van der Waals surface area contributed by atoms with E-state index in [0.29, 0.717) is 5.69 Å². The van der Waals surface area contributed by atoms with E-state index in [2.05, 4.69) is 20.3 Å². The molecule has 0 aliphatic carbocycles. The van der Waals surface area contributed by atoms with Gasteiger partial charge in [0.2, 0.25) is 0 Å². The minimum Gasteiger partial charge on any atom is -0.321 e. The van der Waals surface area contributed by atoms with Crippen molar-refractivity contribution in [1.29, 1.82) is 0 Å². The maximum absolute atomic E-state index is 12.0. The first kappa shape index (κ1) is 12.9. The van der Waals surface area contributed by atoms with Crippen molar-refractivity contribution in [1.82, 2.24) is 15.0 Å². The fourth-order valence-corrected chi connectivity index (χ4v) is 1.92. The number of carbonyl (C=O) groups is 1. The molecular weight excluding hydrogens is 264 g/mol. The molecule has 0 spiro atoms. The molecule has 0 bridgehead atoms. The summed E-state index contributed by atoms with van der Waals surface area (Å²) in [6.07, 6.45) is 7.95. The molecule has 1 amide bonds. The Labute approximate surface area is 121 Å². The second kappa shape index (κ2) is 5.92. The number of anilines is 1. The van der Waals surface area contributed by atoms with Gasteiger partial charge in [-0.05, 0) is 23.8 Å². The normalized spacial score (nSPS) is 10.1. The molecule has 5 heteroatoms. The van der Waals surface area contributed by atoms with Gasteiger partial charge in [0.1, 0.15) is 5.69 Å². The summed E-state index contributed by atoms with van der Waals surface area (Å²) in [7, 11) is 0. The molecule has 0 atom stereocenters. The SMILES string of the molecule is O=C(Nc1cccc(-c2cccnc2)c1)c1cnccn1. The molecule has 0 aliphatic heterocycles. The number of amides is 1. The van der Waals surface area contributed by atoms with Crippen LogP contribution >= 0.6 is 0 Å². The number of pyridine rings is 1. The van der Waals surface area contributed by atoms with E-state index in [1.54, 1.807) is 12.4 Å². The fourth-order valence-electron chi connectivity index (χ4n) is 1.92. The third kappa shape index (κ3) is 3.09. The number of nitrogens with one attached hydrogen (secondary N) is 1. The van der Waals surface area contributed by atoms with E-state index in [9.17, 15) is 4.79 Å². The molecule has 2 heterocycles. The first-order valence-corrected chi connectivity index (χ1v) is 6.41. The lowest BCUT2D eigenvalue weighted by Crippen LogP contribution is -2.13. The van der Waals surface area contributed by atoms with Crippen molar-refractivity contribution in [3.05, 3.63) is 73.1 Å². The molecular formula is C16H12N4O. The van der Waals surface area contributed by atoms with E-state index in [-0.39, 0.29) is 11.6 Å². The van der Waals surface area contributed by atoms with Crippen molar-refractivity contribution >= 4 is 11.6 Å². The Kier molecular flexibility index (Phi) is 3.64. The number of benzene rings is 1. The van der Waals surface area contributed by atoms with Crippen LogP contribution in [-0.2, 0) is 0 Å². The molecule has 3 rings (SSSR count). The van der Waals surface area contributed by atoms with Crippen molar-refractivity contribution in [2.75, 3.05) is 5.32 Å². The lowest BCUT2D eigenvalue weighted by Gasteiger charge is -2.07. The van der Waals surface area contributed by atoms with Crippen molar-refractivity contribution in [2.24, 2.45) is 0 Å². The van der Waals surface area contributed by atoms with Crippen LogP contribution in [0.4, 0.5) is 5.69 Å². The molecule has 2 aromatic heterocycles. The number of hydrogen-bond acceptors (Lipinski definition) is 4. The average Bonchev–Trinajstić information content (AvgIpc) is 2.57. The summed E-state index contributed by atoms with van der Waals surface area (Å²) in [6, 6.07) is 11.4. The lowest BCUT2D eigenvalue weighted by molar-refractivity contribution is 0.102. The number of nitrogens with zero attached hydrogens (tertiary/aromatic N) is 3. The Balaban J connectivity index is 1.83. The maximum Gasteiger partial charge on any atom is 0.275 e. The first-order chi connectivity index (χ1) is 10.3. The summed E-state index contributed by atoms with van der Waals surface area (Å²) in [5, 5.41) is 2.81. The van der Waals surface area contributed by atoms with Gasteiger partial charge in [0.25, 0.3) is 5.91 Å². The zero-order valence-corrected chi connectivity index (χ0v) is 11.1. The standard InChI is InChI=1S/C16H12N4O/c21-16(15-11-18-7-8-19-15)20-14-5-1-3-12(9-14)13-4-2-6-17-10-13/h1-11H,(H,20,21). The number of rotatable bonds is 3. The average molecular weight is 276 g/mol. The third-order valence-electron chi connectivity index (χ3n) is 2.91. The molecule has 0 saturated carbocycles. The fraction of sp³-hybridized carbons (Fsp3) is 0. The van der Waals surface area contributed by atoms with Gasteiger partial charge in [-0.1, -0.05) is 18.2 Å². The highest BCUT2D eigenvalue weighted by molar-refractivity contribution is 6.02. The van der Waals surface area contributed by atoms with Crippen LogP contribution in [0.5, 0.6) is 0 Å². The van der Waals surface area contributed by atoms with Crippen LogP contribution in [-0.4, -0.2) is 20.9 Å². The minimum atomic E-state index is -0.286. The van der Waals surface area contributed by atoms with E-state index in [1.807, 2.05) is 36.4 Å². The van der Waals surface area contributed by atoms with Crippen LogP contribution in [0.25, 0.3) is 11.1 Å². The van der Waals surface area contributed by atoms with Gasteiger partial charge in [0.05, 0.1) is 6.20 Å². The van der Waals surface area contributed by atoms with Crippen molar-refractivity contribution in [2.45, 2.75) is 0 Å². The third-order valence-corrected chi connectivity index (χ3v) is 2.91. The van der Waals surface area contributed by atoms with E-state index in [4.69, 9.17) is 0 Å². The summed E-state index contributed by atoms with van der Waals surface area (Å²) in [5.74, 6) is -0.286. The molecule has 0 fully saturated rings. The Morgan fingerprint density at radius 1 is 0.905 bits per heavy atom. The van der Waals surface area contributed by atoms with Gasteiger partial charge in [-0.15, -0.1) is 0 Å². The summed E-state index contributed by atoms with van der Waals surface area (Å²) < 4.78 is 0. The Morgan fingerprint density at radius 3 is 2.52 bits per heavy atom. The van der Waals surface area contributed by atoms with E-state index in [0.717, 1.165) is 11.1 Å². The van der Waals surface area contributed by atoms with Crippen LogP contribution in [0.3, 0.4) is 0 Å². The Morgan fingerprint density at radius 2 is 1.76 bits per heavy atom. The molecule has 5 nitrogen and oxygen atoms in total. The van der Waals surface area contributed by atoms with E-state index in [1.165, 1.54) is 18.6 Å². The number of carbonyl (C=O) groups excluding carboxylic acids is 1. The molecule has 0 unspecified atom stereocenters. The van der Waals surface area contributed by atoms with Gasteiger partial charge in [-0.25, -0.2) is 4.98 Å². The van der Waals surface area contributed by atoms with Gasteiger partial charge in [0.15, 0.2) is 0 Å². The summed E-state index contributed by atoms with van der Waals surface area (Å²) >= 11 is 0. The summed E-state index contributed by atoms with van der Waals surface area (Å²) in [6.45, 7) is 0. The molecule has 102 valence electrons. The smallest absolute Gasteiger partial charge is 0.275 e. The summed E-state index contributed by atoms with van der Waals surface area (Å²) in [5.41, 5.74) is 2.96. The molecule has 1 aromatic carbocycles. The minimum absolute atomic E-state index is 0.282. The summed E-state index contributed by atoms with van der Waals surface area (Å²) in [4.78, 5) is 24.0. The molecule has 3 aromatic rings. The first-order valence-electron chi connectivity index (χ1n) is 6.41. The molecule has 21 heavy (non-hydrogen) atoms. The highest BCUT2D eigenvalue weighted by Gasteiger charge is 2.07. The van der Waals surface area contributed by atoms with Crippen LogP contribution < -0.4 is 5.32 Å². The van der Waals surface area contributed by atoms with Crippen molar-refractivity contribution in [3.8, 4) is 11.1 Å². The maximum atomic E-state index is 12.0. The van der Waals surface area contributed by atoms with Crippen LogP contribution in [0.1, 0.15) is 10.5 Å². The zero-order valence-electron chi connectivity index (χ0n) is 11.1. The molecule has 0 radical (unpaired) electrons. The molecule has 0 saturated heterocycles. The van der Waals surface area contributed by atoms with Crippen molar-refractivity contribution in [3.63, 3.8) is 0 Å². The van der Waals surface area contributed by atoms with Gasteiger partial charge in [0, 0.05) is 36.0 Å². The Hall–Kier alpha value is -3.08. The second-order valence-electron chi connectivity index (χ2n) is 4.37. The highest BCUT2D eigenvalue weighted by atomic mass is 16.1. The highest BCUT2D eigenvalue weighted by Crippen LogP contribution is 2.21. The predicted octanol–water partition coefficient (Wildman–Crippen LogP) is 2.79. The van der Waals surface area contributed by atoms with Gasteiger partial charge in [-0.3, -0.25) is 14.8 Å². The molecule has 1 N–H and O–H groups in total. The van der Waals surface area contributed by atoms with Gasteiger partial charge < -0.3 is 5.32 Å². The van der Waals surface area contributed by atoms with Crippen LogP contribution in [0.2, 0.25) is 0 Å². The monoisotopic (exact) mass is 276 g/mol. The molecule has 0 aliphatic rings. The largest absolute Gasteiger partial charge is 0.321 e. The number of aromatic nitrogens is 3. The Bertz CT molecular complexity index is 744. The zero-order chi connectivity index (χ0) is 14.5. The van der Waals surface area contributed by atoms with Crippen molar-refractivity contribution < 1.29 is 4.79 Å².